The Bertz CT molecular complexity index is 1020. The van der Waals surface area contributed by atoms with E-state index < -0.39 is 10.0 Å². The molecular formula is C19H21FN4O2S. The van der Waals surface area contributed by atoms with Crippen molar-refractivity contribution in [3.8, 4) is 0 Å². The second kappa shape index (κ2) is 7.87. The number of nitrogens with zero attached hydrogens (tertiary/aromatic N) is 3. The number of aromatic nitrogens is 3. The molecule has 0 spiro atoms. The van der Waals surface area contributed by atoms with Gasteiger partial charge in [-0.05, 0) is 36.1 Å². The van der Waals surface area contributed by atoms with Crippen LogP contribution in [0.4, 0.5) is 10.3 Å². The van der Waals surface area contributed by atoms with Crippen LogP contribution in [0.3, 0.4) is 0 Å². The molecule has 1 heterocycles. The van der Waals surface area contributed by atoms with E-state index in [1.807, 2.05) is 12.1 Å². The highest BCUT2D eigenvalue weighted by molar-refractivity contribution is 7.92. The Morgan fingerprint density at radius 2 is 1.85 bits per heavy atom. The number of hydrogen-bond donors (Lipinski definition) is 1. The molecule has 0 aliphatic carbocycles. The maximum Gasteiger partial charge on any atom is 0.264 e. The fraction of sp³-hybridized carbons (Fsp3) is 0.263. The lowest BCUT2D eigenvalue weighted by atomic mass is 9.99. The number of hydrogen-bond acceptors (Lipinski definition) is 4. The van der Waals surface area contributed by atoms with Gasteiger partial charge in [0.05, 0.1) is 11.4 Å². The average Bonchev–Trinajstić information content (AvgIpc) is 3.09. The van der Waals surface area contributed by atoms with E-state index in [1.165, 1.54) is 17.1 Å². The summed E-state index contributed by atoms with van der Waals surface area (Å²) in [6.45, 7) is 4.33. The smallest absolute Gasteiger partial charge is 0.246 e. The van der Waals surface area contributed by atoms with Crippen LogP contribution in [-0.4, -0.2) is 23.2 Å². The fourth-order valence-corrected chi connectivity index (χ4v) is 3.56. The zero-order valence-electron chi connectivity index (χ0n) is 15.1. The maximum atomic E-state index is 13.7. The minimum Gasteiger partial charge on any atom is -0.246 e. The lowest BCUT2D eigenvalue weighted by molar-refractivity contribution is 0.584. The van der Waals surface area contributed by atoms with Crippen molar-refractivity contribution in [1.82, 2.24) is 14.8 Å². The van der Waals surface area contributed by atoms with Crippen LogP contribution < -0.4 is 4.72 Å². The predicted octanol–water partition coefficient (Wildman–Crippen LogP) is 3.78. The summed E-state index contributed by atoms with van der Waals surface area (Å²) in [4.78, 5) is 4.09. The molecule has 0 aliphatic rings. The monoisotopic (exact) mass is 388 g/mol. The molecule has 1 N–H and O–H groups in total. The quantitative estimate of drug-likeness (QED) is 0.668. The van der Waals surface area contributed by atoms with Crippen molar-refractivity contribution in [3.05, 3.63) is 71.8 Å². The molecule has 1 unspecified atom stereocenters. The van der Waals surface area contributed by atoms with E-state index in [4.69, 9.17) is 0 Å². The van der Waals surface area contributed by atoms with Crippen LogP contribution in [0.25, 0.3) is 0 Å². The topological polar surface area (TPSA) is 76.9 Å². The van der Waals surface area contributed by atoms with Crippen LogP contribution in [0.2, 0.25) is 0 Å². The SMILES string of the molecule is CCC(C)c1ccc(S(=O)(=O)Nc2ncn(Cc3ccccc3F)n2)cc1. The molecule has 0 fully saturated rings. The van der Waals surface area contributed by atoms with Gasteiger partial charge in [-0.3, -0.25) is 0 Å². The Morgan fingerprint density at radius 1 is 1.15 bits per heavy atom. The first-order valence-corrected chi connectivity index (χ1v) is 10.1. The van der Waals surface area contributed by atoms with E-state index >= 15 is 0 Å². The van der Waals surface area contributed by atoms with Gasteiger partial charge in [-0.2, -0.15) is 4.98 Å². The van der Waals surface area contributed by atoms with Gasteiger partial charge in [-0.15, -0.1) is 5.10 Å². The molecule has 0 bridgehead atoms. The largest absolute Gasteiger partial charge is 0.264 e. The fourth-order valence-electron chi connectivity index (χ4n) is 2.61. The highest BCUT2D eigenvalue weighted by atomic mass is 32.2. The number of benzene rings is 2. The van der Waals surface area contributed by atoms with Gasteiger partial charge in [0.2, 0.25) is 0 Å². The van der Waals surface area contributed by atoms with Crippen LogP contribution in [0.5, 0.6) is 0 Å². The first-order valence-electron chi connectivity index (χ1n) is 8.64. The highest BCUT2D eigenvalue weighted by Crippen LogP contribution is 2.21. The van der Waals surface area contributed by atoms with Crippen molar-refractivity contribution in [3.63, 3.8) is 0 Å². The summed E-state index contributed by atoms with van der Waals surface area (Å²) in [5.41, 5.74) is 1.53. The maximum absolute atomic E-state index is 13.7. The molecule has 1 atom stereocenters. The Kier molecular flexibility index (Phi) is 5.55. The molecule has 0 aliphatic heterocycles. The van der Waals surface area contributed by atoms with Crippen LogP contribution in [-0.2, 0) is 16.6 Å². The van der Waals surface area contributed by atoms with Crippen molar-refractivity contribution < 1.29 is 12.8 Å². The number of anilines is 1. The Balaban J connectivity index is 1.73. The summed E-state index contributed by atoms with van der Waals surface area (Å²) in [5.74, 6) is -0.0423. The molecule has 142 valence electrons. The lowest BCUT2D eigenvalue weighted by Crippen LogP contribution is -2.14. The third-order valence-corrected chi connectivity index (χ3v) is 5.77. The van der Waals surface area contributed by atoms with Gasteiger partial charge in [-0.25, -0.2) is 22.2 Å². The van der Waals surface area contributed by atoms with Crippen LogP contribution in [0.1, 0.15) is 37.3 Å². The second-order valence-corrected chi connectivity index (χ2v) is 8.02. The molecule has 3 rings (SSSR count). The number of sulfonamides is 1. The van der Waals surface area contributed by atoms with Gasteiger partial charge in [0.15, 0.2) is 0 Å². The molecule has 0 saturated heterocycles. The Hall–Kier alpha value is -2.74. The van der Waals surface area contributed by atoms with Crippen molar-refractivity contribution in [1.29, 1.82) is 0 Å². The first-order chi connectivity index (χ1) is 12.9. The van der Waals surface area contributed by atoms with Gasteiger partial charge in [0.25, 0.3) is 16.0 Å². The zero-order valence-corrected chi connectivity index (χ0v) is 15.9. The predicted molar refractivity (Wildman–Crippen MR) is 101 cm³/mol. The number of halogens is 1. The molecular weight excluding hydrogens is 367 g/mol. The van der Waals surface area contributed by atoms with Gasteiger partial charge in [0.1, 0.15) is 12.1 Å². The third-order valence-electron chi connectivity index (χ3n) is 4.42. The van der Waals surface area contributed by atoms with Crippen molar-refractivity contribution in [2.45, 2.75) is 37.6 Å². The van der Waals surface area contributed by atoms with Gasteiger partial charge >= 0.3 is 0 Å². The van der Waals surface area contributed by atoms with E-state index in [-0.39, 0.29) is 23.2 Å². The number of rotatable bonds is 7. The minimum atomic E-state index is -3.79. The van der Waals surface area contributed by atoms with Crippen molar-refractivity contribution in [2.75, 3.05) is 4.72 Å². The third kappa shape index (κ3) is 4.51. The second-order valence-electron chi connectivity index (χ2n) is 6.34. The van der Waals surface area contributed by atoms with Crippen molar-refractivity contribution >= 4 is 16.0 Å². The highest BCUT2D eigenvalue weighted by Gasteiger charge is 2.17. The Labute approximate surface area is 158 Å². The zero-order chi connectivity index (χ0) is 19.4. The van der Waals surface area contributed by atoms with E-state index in [1.54, 1.807) is 30.3 Å². The number of nitrogens with one attached hydrogen (secondary N) is 1. The van der Waals surface area contributed by atoms with Gasteiger partial charge in [-0.1, -0.05) is 44.2 Å². The molecule has 0 saturated carbocycles. The molecule has 3 aromatic rings. The Morgan fingerprint density at radius 3 is 2.52 bits per heavy atom. The first kappa shape index (κ1) is 19.0. The van der Waals surface area contributed by atoms with Crippen molar-refractivity contribution in [2.24, 2.45) is 0 Å². The van der Waals surface area contributed by atoms with E-state index in [0.717, 1.165) is 12.0 Å². The average molecular weight is 388 g/mol. The van der Waals surface area contributed by atoms with Gasteiger partial charge < -0.3 is 0 Å². The molecule has 0 amide bonds. The lowest BCUT2D eigenvalue weighted by Gasteiger charge is -2.10. The normalized spacial score (nSPS) is 12.7. The van der Waals surface area contributed by atoms with Crippen LogP contribution >= 0.6 is 0 Å². The minimum absolute atomic E-state index is 0.0580. The summed E-state index contributed by atoms with van der Waals surface area (Å²) in [6, 6.07) is 13.1. The molecule has 1 aromatic heterocycles. The summed E-state index contributed by atoms with van der Waals surface area (Å²) < 4.78 is 42.5. The summed E-state index contributed by atoms with van der Waals surface area (Å²) in [6.07, 6.45) is 2.34. The van der Waals surface area contributed by atoms with E-state index in [0.29, 0.717) is 11.5 Å². The standard InChI is InChI=1S/C19H21FN4O2S/c1-3-14(2)15-8-10-17(11-9-15)27(25,26)23-19-21-13-24(22-19)12-16-6-4-5-7-18(16)20/h4-11,13-14H,3,12H2,1-2H3,(H,22,23). The van der Waals surface area contributed by atoms with Gasteiger partial charge in [0, 0.05) is 5.56 Å². The molecule has 2 aromatic carbocycles. The molecule has 8 heteroatoms. The molecule has 27 heavy (non-hydrogen) atoms. The van der Waals surface area contributed by atoms with E-state index in [9.17, 15) is 12.8 Å². The van der Waals surface area contributed by atoms with Crippen LogP contribution in [0, 0.1) is 5.82 Å². The summed E-state index contributed by atoms with van der Waals surface area (Å²) >= 11 is 0. The summed E-state index contributed by atoms with van der Waals surface area (Å²) in [5, 5.41) is 4.06. The molecule has 0 radical (unpaired) electrons. The molecule has 6 nitrogen and oxygen atoms in total. The summed E-state index contributed by atoms with van der Waals surface area (Å²) in [7, 11) is -3.79. The van der Waals surface area contributed by atoms with Crippen LogP contribution in [0.15, 0.2) is 59.8 Å². The van der Waals surface area contributed by atoms with E-state index in [2.05, 4.69) is 28.7 Å².